The summed E-state index contributed by atoms with van der Waals surface area (Å²) in [5.41, 5.74) is 0.674. The van der Waals surface area contributed by atoms with Gasteiger partial charge in [-0.3, -0.25) is 14.4 Å². The van der Waals surface area contributed by atoms with E-state index in [1.54, 1.807) is 24.3 Å². The van der Waals surface area contributed by atoms with E-state index in [1.807, 2.05) is 0 Å². The Balaban J connectivity index is 2.83. The molecule has 24 heavy (non-hydrogen) atoms. The quantitative estimate of drug-likeness (QED) is 0.212. The number of carboxylic acids is 1. The Hall–Kier alpha value is -2.61. The van der Waals surface area contributed by atoms with Crippen LogP contribution >= 0.6 is 11.6 Å². The predicted molar refractivity (Wildman–Crippen MR) is 85.2 cm³/mol. The predicted octanol–water partition coefficient (Wildman–Crippen LogP) is 1.26. The number of esters is 1. The van der Waals surface area contributed by atoms with Crippen molar-refractivity contribution in [2.24, 2.45) is 11.1 Å². The Morgan fingerprint density at radius 3 is 2.46 bits per heavy atom. The number of nitrogens with zero attached hydrogens (tertiary/aromatic N) is 1. The van der Waals surface area contributed by atoms with E-state index < -0.39 is 29.7 Å². The number of oxime groups is 1. The Bertz CT molecular complexity index is 617. The summed E-state index contributed by atoms with van der Waals surface area (Å²) >= 11 is 5.80. The van der Waals surface area contributed by atoms with Crippen molar-refractivity contribution in [3.8, 4) is 0 Å². The molecule has 8 nitrogen and oxygen atoms in total. The number of aliphatic carboxylic acids is 1. The highest BCUT2D eigenvalue weighted by molar-refractivity contribution is 6.30. The molecule has 2 atom stereocenters. The van der Waals surface area contributed by atoms with Crippen LogP contribution in [0.5, 0.6) is 0 Å². The van der Waals surface area contributed by atoms with Crippen LogP contribution in [-0.4, -0.2) is 48.0 Å². The molecule has 0 radical (unpaired) electrons. The lowest BCUT2D eigenvalue weighted by Gasteiger charge is -2.17. The summed E-state index contributed by atoms with van der Waals surface area (Å²) < 4.78 is 4.44. The minimum absolute atomic E-state index is 0.0282. The van der Waals surface area contributed by atoms with Gasteiger partial charge < -0.3 is 20.4 Å². The zero-order chi connectivity index (χ0) is 18.1. The molecule has 0 spiro atoms. The number of benzene rings is 1. The highest BCUT2D eigenvalue weighted by atomic mass is 35.5. The number of rotatable bonds is 8. The van der Waals surface area contributed by atoms with Crippen LogP contribution in [0.25, 0.3) is 0 Å². The molecule has 0 aliphatic rings. The first-order chi connectivity index (χ1) is 11.4. The topological polar surface area (TPSA) is 125 Å². The largest absolute Gasteiger partial charge is 0.481 e. The number of carboxylic acid groups (broad SMARTS) is 1. The van der Waals surface area contributed by atoms with Crippen molar-refractivity contribution >= 4 is 35.7 Å². The maximum absolute atomic E-state index is 12.0. The Labute approximate surface area is 143 Å². The second kappa shape index (κ2) is 9.51. The van der Waals surface area contributed by atoms with Crippen LogP contribution < -0.4 is 5.32 Å². The Morgan fingerprint density at radius 1 is 1.33 bits per heavy atom. The van der Waals surface area contributed by atoms with Crippen molar-refractivity contribution in [3.05, 3.63) is 34.9 Å². The molecule has 1 aromatic rings. The number of hydrogen-bond donors (Lipinski definition) is 3. The van der Waals surface area contributed by atoms with E-state index in [-0.39, 0.29) is 13.0 Å². The van der Waals surface area contributed by atoms with Crippen molar-refractivity contribution in [3.63, 3.8) is 0 Å². The number of carbonyl (C=O) groups excluding carboxylic acids is 2. The standard InChI is InChI=1S/C15H17ClN2O6/c1-24-15(22)12(8-18-23)14(21)17-7-10(6-13(19)20)9-2-4-11(16)5-3-9/h2-5,8,10,12,23H,6-7H2,1H3,(H,17,21)(H,19,20)/b18-8+. The van der Waals surface area contributed by atoms with Crippen molar-refractivity contribution in [2.45, 2.75) is 12.3 Å². The van der Waals surface area contributed by atoms with Crippen molar-refractivity contribution < 1.29 is 29.4 Å². The van der Waals surface area contributed by atoms with Crippen LogP contribution in [-0.2, 0) is 19.1 Å². The summed E-state index contributed by atoms with van der Waals surface area (Å²) in [5, 5.41) is 23.2. The molecule has 0 fully saturated rings. The summed E-state index contributed by atoms with van der Waals surface area (Å²) in [4.78, 5) is 34.5. The first-order valence-electron chi connectivity index (χ1n) is 6.89. The monoisotopic (exact) mass is 356 g/mol. The maximum atomic E-state index is 12.0. The molecule has 0 aliphatic heterocycles. The summed E-state index contributed by atoms with van der Waals surface area (Å²) in [7, 11) is 1.09. The fraction of sp³-hybridized carbons (Fsp3) is 0.333. The van der Waals surface area contributed by atoms with E-state index in [2.05, 4.69) is 15.2 Å². The van der Waals surface area contributed by atoms with E-state index in [4.69, 9.17) is 21.9 Å². The molecule has 9 heteroatoms. The molecule has 0 aromatic heterocycles. The Kier molecular flexibility index (Phi) is 7.70. The van der Waals surface area contributed by atoms with E-state index in [9.17, 15) is 14.4 Å². The third kappa shape index (κ3) is 5.88. The van der Waals surface area contributed by atoms with E-state index in [0.717, 1.165) is 13.3 Å². The number of amides is 1. The highest BCUT2D eigenvalue weighted by Gasteiger charge is 2.27. The number of nitrogens with one attached hydrogen (secondary N) is 1. The van der Waals surface area contributed by atoms with Gasteiger partial charge in [0.05, 0.1) is 19.7 Å². The lowest BCUT2D eigenvalue weighted by molar-refractivity contribution is -0.147. The van der Waals surface area contributed by atoms with E-state index in [1.165, 1.54) is 0 Å². The van der Waals surface area contributed by atoms with Gasteiger partial charge in [0, 0.05) is 17.5 Å². The van der Waals surface area contributed by atoms with Gasteiger partial charge in [-0.2, -0.15) is 0 Å². The van der Waals surface area contributed by atoms with Crippen molar-refractivity contribution in [2.75, 3.05) is 13.7 Å². The molecule has 1 amide bonds. The van der Waals surface area contributed by atoms with Gasteiger partial charge in [-0.15, -0.1) is 5.16 Å². The van der Waals surface area contributed by atoms with Crippen LogP contribution in [0.3, 0.4) is 0 Å². The molecule has 0 heterocycles. The number of carbonyl (C=O) groups is 3. The fourth-order valence-electron chi connectivity index (χ4n) is 2.02. The molecule has 0 aliphatic carbocycles. The minimum Gasteiger partial charge on any atom is -0.481 e. The van der Waals surface area contributed by atoms with Gasteiger partial charge in [0.25, 0.3) is 0 Å². The van der Waals surface area contributed by atoms with Crippen molar-refractivity contribution in [1.29, 1.82) is 0 Å². The van der Waals surface area contributed by atoms with Gasteiger partial charge >= 0.3 is 11.9 Å². The molecular formula is C15H17ClN2O6. The van der Waals surface area contributed by atoms with Gasteiger partial charge in [0.2, 0.25) is 5.91 Å². The molecule has 1 rings (SSSR count). The zero-order valence-corrected chi connectivity index (χ0v) is 13.6. The molecule has 0 saturated carbocycles. The number of methoxy groups -OCH3 is 1. The third-order valence-corrected chi connectivity index (χ3v) is 3.49. The maximum Gasteiger partial charge on any atom is 0.323 e. The molecule has 3 N–H and O–H groups in total. The van der Waals surface area contributed by atoms with Gasteiger partial charge in [-0.05, 0) is 17.7 Å². The Morgan fingerprint density at radius 2 is 1.96 bits per heavy atom. The van der Waals surface area contributed by atoms with Crippen LogP contribution in [0.4, 0.5) is 0 Å². The fourth-order valence-corrected chi connectivity index (χ4v) is 2.14. The summed E-state index contributed by atoms with van der Waals surface area (Å²) in [6.45, 7) is -0.0282. The second-order valence-electron chi connectivity index (χ2n) is 4.86. The summed E-state index contributed by atoms with van der Waals surface area (Å²) in [6.07, 6.45) is 0.508. The van der Waals surface area contributed by atoms with Gasteiger partial charge in [0.1, 0.15) is 0 Å². The smallest absolute Gasteiger partial charge is 0.323 e. The zero-order valence-electron chi connectivity index (χ0n) is 12.8. The summed E-state index contributed by atoms with van der Waals surface area (Å²) in [5.74, 6) is -4.63. The lowest BCUT2D eigenvalue weighted by atomic mass is 9.95. The summed E-state index contributed by atoms with van der Waals surface area (Å²) in [6, 6.07) is 6.55. The van der Waals surface area contributed by atoms with Gasteiger partial charge in [-0.1, -0.05) is 23.7 Å². The van der Waals surface area contributed by atoms with E-state index in [0.29, 0.717) is 10.6 Å². The molecule has 0 saturated heterocycles. The minimum atomic E-state index is -1.42. The number of ether oxygens (including phenoxy) is 1. The first-order valence-corrected chi connectivity index (χ1v) is 7.27. The van der Waals surface area contributed by atoms with Crippen LogP contribution in [0.15, 0.2) is 29.4 Å². The second-order valence-corrected chi connectivity index (χ2v) is 5.29. The molecular weight excluding hydrogens is 340 g/mol. The molecule has 1 aromatic carbocycles. The van der Waals surface area contributed by atoms with Gasteiger partial charge in [-0.25, -0.2) is 0 Å². The molecule has 130 valence electrons. The van der Waals surface area contributed by atoms with Gasteiger partial charge in [0.15, 0.2) is 5.92 Å². The SMILES string of the molecule is COC(=O)C(/C=N/O)C(=O)NCC(CC(=O)O)c1ccc(Cl)cc1. The molecule has 0 bridgehead atoms. The number of halogens is 1. The van der Waals surface area contributed by atoms with Crippen LogP contribution in [0.1, 0.15) is 17.9 Å². The van der Waals surface area contributed by atoms with Crippen molar-refractivity contribution in [1.82, 2.24) is 5.32 Å². The molecule has 2 unspecified atom stereocenters. The average molecular weight is 357 g/mol. The normalized spacial score (nSPS) is 13.2. The lowest BCUT2D eigenvalue weighted by Crippen LogP contribution is -2.39. The number of hydrogen-bond acceptors (Lipinski definition) is 6. The third-order valence-electron chi connectivity index (χ3n) is 3.24. The van der Waals surface area contributed by atoms with Crippen LogP contribution in [0.2, 0.25) is 5.02 Å². The highest BCUT2D eigenvalue weighted by Crippen LogP contribution is 2.21. The first kappa shape index (κ1) is 19.4. The van der Waals surface area contributed by atoms with Crippen LogP contribution in [0, 0.1) is 5.92 Å². The van der Waals surface area contributed by atoms with E-state index >= 15 is 0 Å². The average Bonchev–Trinajstić information content (AvgIpc) is 2.56.